The third-order valence-electron chi connectivity index (χ3n) is 2.45. The lowest BCUT2D eigenvalue weighted by Crippen LogP contribution is -2.45. The van der Waals surface area contributed by atoms with E-state index in [1.165, 1.54) is 0 Å². The van der Waals surface area contributed by atoms with Gasteiger partial charge in [0.25, 0.3) is 0 Å². The van der Waals surface area contributed by atoms with Gasteiger partial charge >= 0.3 is 8.80 Å². The Balaban J connectivity index is 2.49. The lowest BCUT2D eigenvalue weighted by Gasteiger charge is -2.28. The van der Waals surface area contributed by atoms with Crippen LogP contribution in [-0.4, -0.2) is 34.7 Å². The van der Waals surface area contributed by atoms with Gasteiger partial charge in [-0.1, -0.05) is 6.92 Å². The Morgan fingerprint density at radius 1 is 1.13 bits per heavy atom. The average molecular weight is 266 g/mol. The van der Waals surface area contributed by atoms with Gasteiger partial charge in [0.1, 0.15) is 0 Å². The van der Waals surface area contributed by atoms with Gasteiger partial charge in [-0.25, -0.2) is 0 Å². The van der Waals surface area contributed by atoms with E-state index in [4.69, 9.17) is 13.3 Å². The molecule has 1 heterocycles. The molecule has 1 aliphatic heterocycles. The molecule has 1 atom stereocenters. The maximum absolute atomic E-state index is 5.42. The maximum Gasteiger partial charge on any atom is 0.500 e. The highest BCUT2D eigenvalue weighted by atomic mass is 32.2. The predicted octanol–water partition coefficient (Wildman–Crippen LogP) is 2.78. The van der Waals surface area contributed by atoms with Crippen LogP contribution in [0, 0.1) is 5.92 Å². The van der Waals surface area contributed by atoms with E-state index in [9.17, 15) is 0 Å². The Bertz CT molecular complexity index is 205. The molecule has 0 saturated heterocycles. The van der Waals surface area contributed by atoms with E-state index in [0.29, 0.717) is 10.5 Å². The van der Waals surface area contributed by atoms with Crippen molar-refractivity contribution in [3.8, 4) is 0 Å². The minimum Gasteiger partial charge on any atom is -0.377 e. The van der Waals surface area contributed by atoms with Gasteiger partial charge in [0.2, 0.25) is 0 Å². The molecule has 0 N–H and O–H groups in total. The molecule has 0 saturated carbocycles. The zero-order valence-electron chi connectivity index (χ0n) is 9.56. The lowest BCUT2D eigenvalue weighted by atomic mass is 10.3. The maximum atomic E-state index is 5.42. The van der Waals surface area contributed by atoms with E-state index in [-0.39, 0.29) is 0 Å². The molecule has 0 fully saturated rings. The van der Waals surface area contributed by atoms with Crippen LogP contribution < -0.4 is 0 Å². The van der Waals surface area contributed by atoms with Gasteiger partial charge in [0, 0.05) is 27.4 Å². The molecule has 0 aromatic rings. The molecule has 0 bridgehead atoms. The van der Waals surface area contributed by atoms with E-state index in [1.54, 1.807) is 21.3 Å². The van der Waals surface area contributed by atoms with Crippen LogP contribution in [0.3, 0.4) is 0 Å². The monoisotopic (exact) mass is 266 g/mol. The van der Waals surface area contributed by atoms with Crippen molar-refractivity contribution >= 4 is 32.3 Å². The summed E-state index contributed by atoms with van der Waals surface area (Å²) in [5, 5.41) is 4.28. The molecule has 1 aliphatic rings. The molecule has 88 valence electrons. The average Bonchev–Trinajstić information content (AvgIpc) is 2.79. The van der Waals surface area contributed by atoms with E-state index in [0.717, 1.165) is 6.04 Å². The first-order chi connectivity index (χ1) is 7.17. The molecular weight excluding hydrogens is 248 g/mol. The highest BCUT2D eigenvalue weighted by Gasteiger charge is 2.41. The molecule has 0 aliphatic carbocycles. The zero-order chi connectivity index (χ0) is 11.3. The van der Waals surface area contributed by atoms with Crippen LogP contribution in [0.4, 0.5) is 0 Å². The van der Waals surface area contributed by atoms with Crippen LogP contribution in [-0.2, 0) is 13.3 Å². The van der Waals surface area contributed by atoms with Crippen molar-refractivity contribution in [2.24, 2.45) is 5.92 Å². The molecule has 0 radical (unpaired) electrons. The summed E-state index contributed by atoms with van der Waals surface area (Å²) in [4.78, 5) is 0. The lowest BCUT2D eigenvalue weighted by molar-refractivity contribution is 0.119. The summed E-state index contributed by atoms with van der Waals surface area (Å²) in [7, 11) is 2.59. The summed E-state index contributed by atoms with van der Waals surface area (Å²) in [5.74, 6) is 0.515. The summed E-state index contributed by atoms with van der Waals surface area (Å²) in [6.07, 6.45) is 0. The van der Waals surface area contributed by atoms with Gasteiger partial charge in [0.15, 0.2) is 0 Å². The topological polar surface area (TPSA) is 27.7 Å². The second kappa shape index (κ2) is 6.32. The van der Waals surface area contributed by atoms with Crippen LogP contribution in [0.5, 0.6) is 0 Å². The molecule has 0 aromatic heterocycles. The minimum atomic E-state index is -2.40. The summed E-state index contributed by atoms with van der Waals surface area (Å²) in [5.41, 5.74) is 0. The Hall–Kier alpha value is 0.537. The summed E-state index contributed by atoms with van der Waals surface area (Å²) < 4.78 is 16.8. The predicted molar refractivity (Wildman–Crippen MR) is 68.9 cm³/mol. The summed E-state index contributed by atoms with van der Waals surface area (Å²) in [6.45, 7) is 2.22. The fourth-order valence-corrected chi connectivity index (χ4v) is 6.07. The third kappa shape index (κ3) is 3.50. The number of hydrogen-bond donors (Lipinski definition) is 0. The first-order valence-corrected chi connectivity index (χ1v) is 8.60. The minimum absolute atomic E-state index is 0.515. The first-order valence-electron chi connectivity index (χ1n) is 4.79. The Kier molecular flexibility index (Phi) is 5.73. The first kappa shape index (κ1) is 13.6. The largest absolute Gasteiger partial charge is 0.500 e. The Morgan fingerprint density at radius 2 is 1.60 bits per heavy atom. The quantitative estimate of drug-likeness (QED) is 0.689. The highest BCUT2D eigenvalue weighted by Crippen LogP contribution is 2.41. The van der Waals surface area contributed by atoms with Crippen molar-refractivity contribution < 1.29 is 13.3 Å². The fraction of sp³-hybridized carbons (Fsp3) is 0.778. The molecule has 0 amide bonds. The summed E-state index contributed by atoms with van der Waals surface area (Å²) >= 11 is 3.72. The third-order valence-corrected chi connectivity index (χ3v) is 8.35. The van der Waals surface area contributed by atoms with E-state index in [2.05, 4.69) is 17.7 Å². The van der Waals surface area contributed by atoms with Crippen LogP contribution in [0.15, 0.2) is 10.8 Å². The van der Waals surface area contributed by atoms with Crippen LogP contribution in [0.25, 0.3) is 0 Å². The number of rotatable bonds is 6. The molecule has 6 heteroatoms. The highest BCUT2D eigenvalue weighted by molar-refractivity contribution is 8.22. The summed E-state index contributed by atoms with van der Waals surface area (Å²) in [6, 6.07) is 0.864. The van der Waals surface area contributed by atoms with Gasteiger partial charge in [0.05, 0.1) is 4.58 Å². The molecule has 1 rings (SSSR count). The standard InChI is InChI=1S/C9H18O3S2Si/c1-8(9-13-5-6-14-9)7-15(10-2,11-3)12-4/h5-6,8-9H,7H2,1-4H3. The molecule has 3 nitrogen and oxygen atoms in total. The van der Waals surface area contributed by atoms with Crippen molar-refractivity contribution in [3.05, 3.63) is 10.8 Å². The van der Waals surface area contributed by atoms with Crippen LogP contribution in [0.2, 0.25) is 6.04 Å². The van der Waals surface area contributed by atoms with Crippen LogP contribution >= 0.6 is 23.5 Å². The molecular formula is C9H18O3S2Si. The Morgan fingerprint density at radius 3 is 2.00 bits per heavy atom. The normalized spacial score (nSPS) is 19.7. The van der Waals surface area contributed by atoms with Crippen molar-refractivity contribution in [3.63, 3.8) is 0 Å². The van der Waals surface area contributed by atoms with Gasteiger partial charge in [-0.15, -0.1) is 23.5 Å². The van der Waals surface area contributed by atoms with Crippen molar-refractivity contribution in [2.45, 2.75) is 17.5 Å². The Labute approximate surface area is 101 Å². The van der Waals surface area contributed by atoms with Crippen molar-refractivity contribution in [1.82, 2.24) is 0 Å². The number of thioether (sulfide) groups is 2. The van der Waals surface area contributed by atoms with Gasteiger partial charge in [-0.2, -0.15) is 0 Å². The number of hydrogen-bond acceptors (Lipinski definition) is 5. The molecule has 0 aromatic carbocycles. The molecule has 1 unspecified atom stereocenters. The van der Waals surface area contributed by atoms with Crippen molar-refractivity contribution in [2.75, 3.05) is 21.3 Å². The van der Waals surface area contributed by atoms with E-state index >= 15 is 0 Å². The van der Waals surface area contributed by atoms with E-state index in [1.807, 2.05) is 23.5 Å². The van der Waals surface area contributed by atoms with E-state index < -0.39 is 8.80 Å². The molecule has 15 heavy (non-hydrogen) atoms. The van der Waals surface area contributed by atoms with Gasteiger partial charge in [-0.3, -0.25) is 0 Å². The SMILES string of the molecule is CO[Si](CC(C)C1SC=CS1)(OC)OC. The molecule has 0 spiro atoms. The van der Waals surface area contributed by atoms with Crippen LogP contribution in [0.1, 0.15) is 6.92 Å². The fourth-order valence-electron chi connectivity index (χ4n) is 1.51. The second-order valence-electron chi connectivity index (χ2n) is 3.39. The van der Waals surface area contributed by atoms with Gasteiger partial charge in [-0.05, 0) is 16.7 Å². The zero-order valence-corrected chi connectivity index (χ0v) is 12.2. The smallest absolute Gasteiger partial charge is 0.377 e. The van der Waals surface area contributed by atoms with Crippen molar-refractivity contribution in [1.29, 1.82) is 0 Å². The van der Waals surface area contributed by atoms with Gasteiger partial charge < -0.3 is 13.3 Å². The second-order valence-corrected chi connectivity index (χ2v) is 8.79.